The summed E-state index contributed by atoms with van der Waals surface area (Å²) in [6.07, 6.45) is 0. The van der Waals surface area contributed by atoms with Gasteiger partial charge in [-0.2, -0.15) is 0 Å². The Morgan fingerprint density at radius 1 is 0.931 bits per heavy atom. The van der Waals surface area contributed by atoms with Gasteiger partial charge in [-0.25, -0.2) is 12.8 Å². The molecule has 0 N–H and O–H groups in total. The van der Waals surface area contributed by atoms with Crippen molar-refractivity contribution >= 4 is 27.3 Å². The molecule has 1 heterocycles. The van der Waals surface area contributed by atoms with Gasteiger partial charge in [-0.05, 0) is 42.0 Å². The summed E-state index contributed by atoms with van der Waals surface area (Å²) in [5, 5.41) is 0.465. The van der Waals surface area contributed by atoms with Crippen LogP contribution >= 0.6 is 11.6 Å². The van der Waals surface area contributed by atoms with E-state index in [9.17, 15) is 12.8 Å². The monoisotopic (exact) mass is 433 g/mol. The molecule has 3 aromatic rings. The Bertz CT molecular complexity index is 1150. The second kappa shape index (κ2) is 7.93. The summed E-state index contributed by atoms with van der Waals surface area (Å²) in [6, 6.07) is 16.9. The minimum absolute atomic E-state index is 0.0213. The van der Waals surface area contributed by atoms with E-state index in [1.807, 2.05) is 0 Å². The zero-order valence-electron chi connectivity index (χ0n) is 15.2. The smallest absolute Gasteiger partial charge is 0.264 e. The van der Waals surface area contributed by atoms with Crippen LogP contribution in [-0.2, 0) is 16.6 Å². The third-order valence-electron chi connectivity index (χ3n) is 4.44. The average molecular weight is 434 g/mol. The van der Waals surface area contributed by atoms with Crippen molar-refractivity contribution in [2.45, 2.75) is 11.4 Å². The van der Waals surface area contributed by atoms with Gasteiger partial charge in [0.1, 0.15) is 19.0 Å². The van der Waals surface area contributed by atoms with Crippen LogP contribution < -0.4 is 13.8 Å². The summed E-state index contributed by atoms with van der Waals surface area (Å²) >= 11 is 6.04. The topological polar surface area (TPSA) is 55.8 Å². The first-order valence-corrected chi connectivity index (χ1v) is 10.7. The number of ether oxygens (including phenoxy) is 2. The van der Waals surface area contributed by atoms with Gasteiger partial charge in [-0.1, -0.05) is 35.9 Å². The lowest BCUT2D eigenvalue weighted by molar-refractivity contribution is 0.171. The van der Waals surface area contributed by atoms with E-state index < -0.39 is 15.8 Å². The molecule has 0 saturated heterocycles. The van der Waals surface area contributed by atoms with Crippen LogP contribution in [0, 0.1) is 5.82 Å². The van der Waals surface area contributed by atoms with Gasteiger partial charge >= 0.3 is 0 Å². The van der Waals surface area contributed by atoms with Crippen molar-refractivity contribution in [3.63, 3.8) is 0 Å². The van der Waals surface area contributed by atoms with Crippen molar-refractivity contribution in [2.75, 3.05) is 17.5 Å². The van der Waals surface area contributed by atoms with Crippen molar-refractivity contribution in [1.29, 1.82) is 0 Å². The molecule has 0 saturated carbocycles. The quantitative estimate of drug-likeness (QED) is 0.588. The van der Waals surface area contributed by atoms with E-state index in [-0.39, 0.29) is 17.1 Å². The number of benzene rings is 3. The highest BCUT2D eigenvalue weighted by Crippen LogP contribution is 2.35. The lowest BCUT2D eigenvalue weighted by Gasteiger charge is -2.26. The SMILES string of the molecule is O=S(=O)(c1ccc2c(c1)OCCO2)N(Cc1cccc(Cl)c1)c1ccccc1F. The van der Waals surface area contributed by atoms with Crippen LogP contribution in [0.3, 0.4) is 0 Å². The van der Waals surface area contributed by atoms with Gasteiger partial charge in [0.05, 0.1) is 17.1 Å². The predicted molar refractivity (Wildman–Crippen MR) is 109 cm³/mol. The van der Waals surface area contributed by atoms with E-state index in [0.717, 1.165) is 4.31 Å². The van der Waals surface area contributed by atoms with Crippen LogP contribution in [0.4, 0.5) is 10.1 Å². The van der Waals surface area contributed by atoms with Gasteiger partial charge < -0.3 is 9.47 Å². The summed E-state index contributed by atoms with van der Waals surface area (Å²) < 4.78 is 53.5. The normalized spacial score (nSPS) is 13.2. The molecular formula is C21H17ClFNO4S. The molecule has 4 rings (SSSR count). The zero-order chi connectivity index (χ0) is 20.4. The maximum atomic E-state index is 14.6. The largest absolute Gasteiger partial charge is 0.486 e. The van der Waals surface area contributed by atoms with Crippen molar-refractivity contribution < 1.29 is 22.3 Å². The average Bonchev–Trinajstić information content (AvgIpc) is 2.72. The summed E-state index contributed by atoms with van der Waals surface area (Å²) in [7, 11) is -4.11. The molecule has 0 unspecified atom stereocenters. The maximum Gasteiger partial charge on any atom is 0.264 e. The molecule has 0 fully saturated rings. The Kier molecular flexibility index (Phi) is 5.34. The van der Waals surface area contributed by atoms with Gasteiger partial charge in [0.2, 0.25) is 0 Å². The number of hydrogen-bond donors (Lipinski definition) is 0. The van der Waals surface area contributed by atoms with Crippen LogP contribution in [0.2, 0.25) is 5.02 Å². The minimum Gasteiger partial charge on any atom is -0.486 e. The molecule has 150 valence electrons. The van der Waals surface area contributed by atoms with E-state index in [1.165, 1.54) is 30.3 Å². The molecule has 3 aromatic carbocycles. The number of sulfonamides is 1. The van der Waals surface area contributed by atoms with Crippen molar-refractivity contribution in [1.82, 2.24) is 0 Å². The van der Waals surface area contributed by atoms with Gasteiger partial charge in [0.25, 0.3) is 10.0 Å². The van der Waals surface area contributed by atoms with Crippen LogP contribution in [0.5, 0.6) is 11.5 Å². The van der Waals surface area contributed by atoms with Crippen LogP contribution in [0.25, 0.3) is 0 Å². The highest BCUT2D eigenvalue weighted by Gasteiger charge is 2.29. The summed E-state index contributed by atoms with van der Waals surface area (Å²) in [4.78, 5) is -0.0213. The number of para-hydroxylation sites is 1. The Hall–Kier alpha value is -2.77. The fourth-order valence-corrected chi connectivity index (χ4v) is 4.76. The van der Waals surface area contributed by atoms with E-state index in [1.54, 1.807) is 36.4 Å². The maximum absolute atomic E-state index is 14.6. The Morgan fingerprint density at radius 2 is 1.69 bits per heavy atom. The Morgan fingerprint density at radius 3 is 2.45 bits per heavy atom. The van der Waals surface area contributed by atoms with Crippen molar-refractivity contribution in [3.05, 3.63) is 83.1 Å². The lowest BCUT2D eigenvalue weighted by Crippen LogP contribution is -2.31. The fourth-order valence-electron chi connectivity index (χ4n) is 3.07. The lowest BCUT2D eigenvalue weighted by atomic mass is 10.2. The first kappa shape index (κ1) is 19.5. The Labute approximate surface area is 173 Å². The first-order chi connectivity index (χ1) is 13.9. The molecule has 1 aliphatic rings. The summed E-state index contributed by atoms with van der Waals surface area (Å²) in [6.45, 7) is 0.642. The standard InChI is InChI=1S/C21H17ClFNO4S/c22-16-5-3-4-15(12-16)14-24(19-7-2-1-6-18(19)23)29(25,26)17-8-9-20-21(13-17)28-11-10-27-20/h1-9,12-13H,10-11,14H2. The van der Waals surface area contributed by atoms with E-state index in [4.69, 9.17) is 21.1 Å². The first-order valence-electron chi connectivity index (χ1n) is 8.86. The molecular weight excluding hydrogens is 417 g/mol. The third-order valence-corrected chi connectivity index (χ3v) is 6.43. The number of nitrogens with zero attached hydrogens (tertiary/aromatic N) is 1. The van der Waals surface area contributed by atoms with Crippen LogP contribution in [0.15, 0.2) is 71.6 Å². The second-order valence-electron chi connectivity index (χ2n) is 6.40. The minimum atomic E-state index is -4.11. The highest BCUT2D eigenvalue weighted by molar-refractivity contribution is 7.92. The molecule has 0 spiro atoms. The molecule has 5 nitrogen and oxygen atoms in total. The zero-order valence-corrected chi connectivity index (χ0v) is 16.8. The number of fused-ring (bicyclic) bond motifs is 1. The second-order valence-corrected chi connectivity index (χ2v) is 8.70. The predicted octanol–water partition coefficient (Wildman–Crippen LogP) is 4.65. The molecule has 1 aliphatic heterocycles. The third kappa shape index (κ3) is 4.02. The van der Waals surface area contributed by atoms with E-state index in [0.29, 0.717) is 35.3 Å². The van der Waals surface area contributed by atoms with Gasteiger partial charge in [0.15, 0.2) is 11.5 Å². The van der Waals surface area contributed by atoms with E-state index in [2.05, 4.69) is 0 Å². The summed E-state index contributed by atoms with van der Waals surface area (Å²) in [5.74, 6) is 0.173. The Balaban J connectivity index is 1.80. The number of anilines is 1. The molecule has 0 aliphatic carbocycles. The molecule has 8 heteroatoms. The van der Waals surface area contributed by atoms with Crippen LogP contribution in [-0.4, -0.2) is 21.6 Å². The highest BCUT2D eigenvalue weighted by atomic mass is 35.5. The van der Waals surface area contributed by atoms with Gasteiger partial charge in [-0.3, -0.25) is 4.31 Å². The number of rotatable bonds is 5. The van der Waals surface area contributed by atoms with E-state index >= 15 is 0 Å². The molecule has 29 heavy (non-hydrogen) atoms. The van der Waals surface area contributed by atoms with Crippen molar-refractivity contribution in [3.8, 4) is 11.5 Å². The summed E-state index contributed by atoms with van der Waals surface area (Å²) in [5.41, 5.74) is 0.573. The van der Waals surface area contributed by atoms with Crippen LogP contribution in [0.1, 0.15) is 5.56 Å². The van der Waals surface area contributed by atoms with Crippen molar-refractivity contribution in [2.24, 2.45) is 0 Å². The molecule has 0 bridgehead atoms. The number of halogens is 2. The molecule has 0 radical (unpaired) electrons. The molecule has 0 atom stereocenters. The molecule has 0 aromatic heterocycles. The van der Waals surface area contributed by atoms with Gasteiger partial charge in [0, 0.05) is 11.1 Å². The van der Waals surface area contributed by atoms with Gasteiger partial charge in [-0.15, -0.1) is 0 Å². The molecule has 0 amide bonds. The number of hydrogen-bond acceptors (Lipinski definition) is 4. The fraction of sp³-hybridized carbons (Fsp3) is 0.143.